The van der Waals surface area contributed by atoms with Crippen LogP contribution in [0.1, 0.15) is 63.0 Å². The van der Waals surface area contributed by atoms with E-state index in [0.29, 0.717) is 36.0 Å². The number of hydrogen-bond acceptors (Lipinski definition) is 5. The van der Waals surface area contributed by atoms with Gasteiger partial charge in [0.05, 0.1) is 6.10 Å². The van der Waals surface area contributed by atoms with Crippen molar-refractivity contribution in [1.29, 1.82) is 0 Å². The number of ketones is 1. The standard InChI is InChI=1S/C27H33NO4/c1-18(8-7-11-20-9-5-4-6-10-20)31-23-15-25-27(26(16-23)32-19(2)29)24-14-22(30)13-12-21(24)17-28(25)3/h4-6,9-10,15-16,18,21,24H,7-8,11-14,17H2,1-3H3/t18?,21-,24+/m0/s1. The molecular weight excluding hydrogens is 402 g/mol. The maximum atomic E-state index is 12.2. The van der Waals surface area contributed by atoms with Crippen LogP contribution in [0.5, 0.6) is 11.5 Å². The zero-order valence-corrected chi connectivity index (χ0v) is 19.3. The van der Waals surface area contributed by atoms with Gasteiger partial charge in [-0.1, -0.05) is 30.3 Å². The Kier molecular flexibility index (Phi) is 6.83. The first-order chi connectivity index (χ1) is 15.4. The molecule has 2 aliphatic rings. The van der Waals surface area contributed by atoms with Crippen molar-refractivity contribution in [1.82, 2.24) is 0 Å². The summed E-state index contributed by atoms with van der Waals surface area (Å²) in [4.78, 5) is 26.3. The Bertz CT molecular complexity index is 971. The molecule has 1 aliphatic carbocycles. The molecule has 2 aromatic carbocycles. The van der Waals surface area contributed by atoms with Gasteiger partial charge in [0.15, 0.2) is 0 Å². The number of carbonyl (C=O) groups is 2. The van der Waals surface area contributed by atoms with Crippen LogP contribution in [-0.2, 0) is 16.0 Å². The second kappa shape index (κ2) is 9.76. The third kappa shape index (κ3) is 5.14. The van der Waals surface area contributed by atoms with Crippen molar-refractivity contribution in [3.63, 3.8) is 0 Å². The van der Waals surface area contributed by atoms with Crippen LogP contribution < -0.4 is 14.4 Å². The van der Waals surface area contributed by atoms with Crippen LogP contribution in [0, 0.1) is 5.92 Å². The maximum Gasteiger partial charge on any atom is 0.308 e. The van der Waals surface area contributed by atoms with E-state index < -0.39 is 0 Å². The van der Waals surface area contributed by atoms with E-state index in [-0.39, 0.29) is 18.0 Å². The van der Waals surface area contributed by atoms with Gasteiger partial charge in [-0.25, -0.2) is 0 Å². The summed E-state index contributed by atoms with van der Waals surface area (Å²) >= 11 is 0. The Labute approximate surface area is 190 Å². The lowest BCUT2D eigenvalue weighted by Gasteiger charge is -2.42. The van der Waals surface area contributed by atoms with Crippen molar-refractivity contribution in [3.05, 3.63) is 53.6 Å². The van der Waals surface area contributed by atoms with Crippen molar-refractivity contribution in [3.8, 4) is 11.5 Å². The van der Waals surface area contributed by atoms with Crippen molar-refractivity contribution in [2.24, 2.45) is 5.92 Å². The highest BCUT2D eigenvalue weighted by Gasteiger charge is 2.39. The second-order valence-electron chi connectivity index (χ2n) is 9.28. The molecule has 5 nitrogen and oxygen atoms in total. The van der Waals surface area contributed by atoms with Crippen LogP contribution in [-0.4, -0.2) is 31.4 Å². The molecule has 0 radical (unpaired) electrons. The number of esters is 1. The highest BCUT2D eigenvalue weighted by atomic mass is 16.5. The topological polar surface area (TPSA) is 55.8 Å². The van der Waals surface area contributed by atoms with Crippen molar-refractivity contribution in [2.45, 2.75) is 64.4 Å². The van der Waals surface area contributed by atoms with E-state index in [2.05, 4.69) is 43.1 Å². The number of ether oxygens (including phenoxy) is 2. The van der Waals surface area contributed by atoms with Gasteiger partial charge in [0.1, 0.15) is 17.3 Å². The second-order valence-corrected chi connectivity index (χ2v) is 9.28. The first-order valence-corrected chi connectivity index (χ1v) is 11.7. The zero-order chi connectivity index (χ0) is 22.7. The summed E-state index contributed by atoms with van der Waals surface area (Å²) < 4.78 is 11.9. The molecular formula is C27H33NO4. The Morgan fingerprint density at radius 2 is 2.00 bits per heavy atom. The van der Waals surface area contributed by atoms with E-state index in [4.69, 9.17) is 9.47 Å². The average Bonchev–Trinajstić information content (AvgIpc) is 2.75. The van der Waals surface area contributed by atoms with Gasteiger partial charge in [0, 0.05) is 62.7 Å². The van der Waals surface area contributed by atoms with E-state index in [1.807, 2.05) is 18.2 Å². The van der Waals surface area contributed by atoms with Gasteiger partial charge >= 0.3 is 5.97 Å². The molecule has 0 N–H and O–H groups in total. The number of anilines is 1. The van der Waals surface area contributed by atoms with Gasteiger partial charge in [-0.3, -0.25) is 9.59 Å². The molecule has 4 rings (SSSR count). The van der Waals surface area contributed by atoms with Crippen molar-refractivity contribution in [2.75, 3.05) is 18.5 Å². The van der Waals surface area contributed by atoms with Crippen LogP contribution in [0.25, 0.3) is 0 Å². The predicted octanol–water partition coefficient (Wildman–Crippen LogP) is 5.30. The van der Waals surface area contributed by atoms with Crippen LogP contribution in [0.2, 0.25) is 0 Å². The third-order valence-electron chi connectivity index (χ3n) is 6.70. The Hall–Kier alpha value is -2.82. The molecule has 5 heteroatoms. The fourth-order valence-corrected chi connectivity index (χ4v) is 5.18. The molecule has 0 saturated heterocycles. The quantitative estimate of drug-likeness (QED) is 0.436. The maximum absolute atomic E-state index is 12.2. The number of rotatable bonds is 7. The SMILES string of the molecule is CC(=O)Oc1cc(OC(C)CCCc2ccccc2)cc2c1[C@@H]1CC(=O)CC[C@H]1CN2C. The number of Topliss-reactive ketones (excluding diaryl/α,β-unsaturated/α-hetero) is 1. The summed E-state index contributed by atoms with van der Waals surface area (Å²) in [5, 5.41) is 0. The highest BCUT2D eigenvalue weighted by Crippen LogP contribution is 2.50. The summed E-state index contributed by atoms with van der Waals surface area (Å²) in [7, 11) is 2.07. The molecule has 3 atom stereocenters. The average molecular weight is 436 g/mol. The number of fused-ring (bicyclic) bond motifs is 3. The molecule has 32 heavy (non-hydrogen) atoms. The first kappa shape index (κ1) is 22.4. The Morgan fingerprint density at radius 1 is 1.22 bits per heavy atom. The van der Waals surface area contributed by atoms with Gasteiger partial charge in [0.2, 0.25) is 0 Å². The monoisotopic (exact) mass is 435 g/mol. The minimum absolute atomic E-state index is 0.0415. The molecule has 1 fully saturated rings. The summed E-state index contributed by atoms with van der Waals surface area (Å²) in [5.74, 6) is 1.70. The lowest BCUT2D eigenvalue weighted by atomic mass is 9.71. The minimum atomic E-state index is -0.354. The molecule has 1 saturated carbocycles. The van der Waals surface area contributed by atoms with E-state index in [9.17, 15) is 9.59 Å². The molecule has 0 aromatic heterocycles. The van der Waals surface area contributed by atoms with Gasteiger partial charge in [-0.15, -0.1) is 0 Å². The molecule has 170 valence electrons. The normalized spacial score (nSPS) is 20.8. The fourth-order valence-electron chi connectivity index (χ4n) is 5.18. The molecule has 0 amide bonds. The predicted molar refractivity (Wildman–Crippen MR) is 126 cm³/mol. The summed E-state index contributed by atoms with van der Waals surface area (Å²) in [5.41, 5.74) is 3.33. The lowest BCUT2D eigenvalue weighted by molar-refractivity contribution is -0.131. The lowest BCUT2D eigenvalue weighted by Crippen LogP contribution is -2.39. The molecule has 2 aromatic rings. The number of nitrogens with zero attached hydrogens (tertiary/aromatic N) is 1. The first-order valence-electron chi connectivity index (χ1n) is 11.7. The Morgan fingerprint density at radius 3 is 2.75 bits per heavy atom. The van der Waals surface area contributed by atoms with E-state index >= 15 is 0 Å². The van der Waals surface area contributed by atoms with Crippen LogP contribution in [0.3, 0.4) is 0 Å². The summed E-state index contributed by atoms with van der Waals surface area (Å²) in [6, 6.07) is 14.4. The van der Waals surface area contributed by atoms with Crippen LogP contribution >= 0.6 is 0 Å². The van der Waals surface area contributed by atoms with Gasteiger partial charge in [-0.2, -0.15) is 0 Å². The summed E-state index contributed by atoms with van der Waals surface area (Å²) in [6.45, 7) is 4.40. The van der Waals surface area contributed by atoms with Gasteiger partial charge < -0.3 is 14.4 Å². The summed E-state index contributed by atoms with van der Waals surface area (Å²) in [6.07, 6.45) is 5.11. The van der Waals surface area contributed by atoms with E-state index in [0.717, 1.165) is 43.5 Å². The van der Waals surface area contributed by atoms with Crippen LogP contribution in [0.4, 0.5) is 5.69 Å². The number of benzene rings is 2. The van der Waals surface area contributed by atoms with Gasteiger partial charge in [0.25, 0.3) is 0 Å². The number of hydrogen-bond donors (Lipinski definition) is 0. The van der Waals surface area contributed by atoms with Crippen molar-refractivity contribution >= 4 is 17.4 Å². The number of carbonyl (C=O) groups excluding carboxylic acids is 2. The van der Waals surface area contributed by atoms with E-state index in [1.54, 1.807) is 0 Å². The third-order valence-corrected chi connectivity index (χ3v) is 6.70. The molecule has 0 bridgehead atoms. The zero-order valence-electron chi connectivity index (χ0n) is 19.3. The molecule has 0 spiro atoms. The largest absolute Gasteiger partial charge is 0.491 e. The molecule has 1 unspecified atom stereocenters. The van der Waals surface area contributed by atoms with E-state index in [1.165, 1.54) is 12.5 Å². The highest BCUT2D eigenvalue weighted by molar-refractivity contribution is 5.82. The van der Waals surface area contributed by atoms with Crippen LogP contribution in [0.15, 0.2) is 42.5 Å². The smallest absolute Gasteiger partial charge is 0.308 e. The minimum Gasteiger partial charge on any atom is -0.491 e. The number of aryl methyl sites for hydroxylation is 1. The van der Waals surface area contributed by atoms with Crippen molar-refractivity contribution < 1.29 is 19.1 Å². The Balaban J connectivity index is 1.52. The molecule has 1 aliphatic heterocycles. The molecule has 1 heterocycles. The van der Waals surface area contributed by atoms with Gasteiger partial charge in [-0.05, 0) is 44.1 Å². The fraction of sp³-hybridized carbons (Fsp3) is 0.481.